The van der Waals surface area contributed by atoms with E-state index in [9.17, 15) is 4.79 Å². The van der Waals surface area contributed by atoms with Gasteiger partial charge in [-0.25, -0.2) is 19.7 Å². The molecule has 3 aromatic heterocycles. The molecule has 0 atom stereocenters. The van der Waals surface area contributed by atoms with E-state index in [0.29, 0.717) is 13.1 Å². The van der Waals surface area contributed by atoms with Crippen LogP contribution in [0.2, 0.25) is 0 Å². The molecular formula is C23H31N7O2S. The van der Waals surface area contributed by atoms with Crippen LogP contribution in [0.5, 0.6) is 0 Å². The van der Waals surface area contributed by atoms with Crippen molar-refractivity contribution in [2.75, 3.05) is 63.6 Å². The summed E-state index contributed by atoms with van der Waals surface area (Å²) >= 11 is 1.67. The van der Waals surface area contributed by atoms with Crippen LogP contribution < -0.4 is 10.2 Å². The van der Waals surface area contributed by atoms with Gasteiger partial charge in [0, 0.05) is 58.8 Å². The number of anilines is 2. The Morgan fingerprint density at radius 2 is 2.00 bits per heavy atom. The highest BCUT2D eigenvalue weighted by Gasteiger charge is 2.36. The number of fused-ring (bicyclic) bond motifs is 5. The average molecular weight is 470 g/mol. The summed E-state index contributed by atoms with van der Waals surface area (Å²) in [5.74, 6) is 1.92. The number of piperazine rings is 1. The molecule has 10 heteroatoms. The van der Waals surface area contributed by atoms with E-state index < -0.39 is 6.09 Å². The molecule has 0 saturated carbocycles. The second-order valence-electron chi connectivity index (χ2n) is 9.79. The molecule has 0 aromatic carbocycles. The Morgan fingerprint density at radius 3 is 2.70 bits per heavy atom. The van der Waals surface area contributed by atoms with E-state index in [1.165, 1.54) is 21.4 Å². The maximum Gasteiger partial charge on any atom is 0.407 e. The molecule has 2 N–H and O–H groups in total. The Labute approximate surface area is 197 Å². The fourth-order valence-corrected chi connectivity index (χ4v) is 6.26. The minimum atomic E-state index is -0.832. The van der Waals surface area contributed by atoms with Gasteiger partial charge >= 0.3 is 6.09 Å². The van der Waals surface area contributed by atoms with E-state index in [-0.39, 0.29) is 5.41 Å². The summed E-state index contributed by atoms with van der Waals surface area (Å²) in [5, 5.41) is 13.8. The minimum Gasteiger partial charge on any atom is -0.465 e. The first-order valence-corrected chi connectivity index (χ1v) is 12.3. The molecule has 4 heterocycles. The van der Waals surface area contributed by atoms with Gasteiger partial charge in [-0.3, -0.25) is 4.90 Å². The summed E-state index contributed by atoms with van der Waals surface area (Å²) in [4.78, 5) is 32.3. The summed E-state index contributed by atoms with van der Waals surface area (Å²) in [5.41, 5.74) is 3.83. The molecule has 0 unspecified atom stereocenters. The molecule has 0 bridgehead atoms. The minimum absolute atomic E-state index is 0.0892. The van der Waals surface area contributed by atoms with E-state index in [1.807, 2.05) is 0 Å². The topological polar surface area (TPSA) is 97.7 Å². The third kappa shape index (κ3) is 3.85. The van der Waals surface area contributed by atoms with Crippen molar-refractivity contribution in [2.24, 2.45) is 0 Å². The average Bonchev–Trinajstić information content (AvgIpc) is 3.30. The van der Waals surface area contributed by atoms with Gasteiger partial charge in [0.25, 0.3) is 0 Å². The summed E-state index contributed by atoms with van der Waals surface area (Å²) in [6, 6.07) is 0. The molecule has 0 radical (unpaired) electrons. The molecule has 33 heavy (non-hydrogen) atoms. The monoisotopic (exact) mass is 469 g/mol. The van der Waals surface area contributed by atoms with Crippen LogP contribution in [0.1, 0.15) is 31.4 Å². The van der Waals surface area contributed by atoms with Crippen LogP contribution >= 0.6 is 11.3 Å². The third-order valence-electron chi connectivity index (χ3n) is 6.95. The molecule has 1 saturated heterocycles. The molecule has 1 amide bonds. The fourth-order valence-electron chi connectivity index (χ4n) is 5.17. The van der Waals surface area contributed by atoms with Gasteiger partial charge < -0.3 is 20.2 Å². The second-order valence-corrected chi connectivity index (χ2v) is 10.8. The lowest BCUT2D eigenvalue weighted by Crippen LogP contribution is -2.49. The molecule has 5 rings (SSSR count). The van der Waals surface area contributed by atoms with E-state index in [0.717, 1.165) is 65.7 Å². The van der Waals surface area contributed by atoms with Crippen LogP contribution in [0.15, 0.2) is 6.33 Å². The van der Waals surface area contributed by atoms with E-state index in [2.05, 4.69) is 48.0 Å². The molecule has 1 aliphatic carbocycles. The highest BCUT2D eigenvalue weighted by atomic mass is 32.1. The Morgan fingerprint density at radius 1 is 1.24 bits per heavy atom. The van der Waals surface area contributed by atoms with E-state index >= 15 is 0 Å². The van der Waals surface area contributed by atoms with Gasteiger partial charge in [0.05, 0.1) is 10.2 Å². The van der Waals surface area contributed by atoms with Gasteiger partial charge in [-0.2, -0.15) is 0 Å². The Balaban J connectivity index is 1.43. The normalized spacial score (nSPS) is 18.1. The lowest BCUT2D eigenvalue weighted by molar-refractivity contribution is 0.107. The first-order valence-electron chi connectivity index (χ1n) is 11.5. The Hall–Kier alpha value is -2.72. The SMILES string of the molecule is CN(C)c1nc2sc3c(NCCN4CCN(C(=O)O)CC4)ncnc3c2c2c1CCC2(C)C. The number of hydrogen-bond donors (Lipinski definition) is 2. The number of thiophene rings is 1. The lowest BCUT2D eigenvalue weighted by Gasteiger charge is -2.33. The van der Waals surface area contributed by atoms with Gasteiger partial charge in [0.15, 0.2) is 0 Å². The van der Waals surface area contributed by atoms with Gasteiger partial charge in [0.2, 0.25) is 0 Å². The first-order chi connectivity index (χ1) is 15.8. The number of nitrogens with one attached hydrogen (secondary N) is 1. The molecule has 1 aliphatic heterocycles. The number of rotatable bonds is 5. The molecular weight excluding hydrogens is 438 g/mol. The van der Waals surface area contributed by atoms with Crippen molar-refractivity contribution >= 4 is 49.5 Å². The smallest absolute Gasteiger partial charge is 0.407 e. The number of carbonyl (C=O) groups is 1. The standard InChI is InChI=1S/C23H31N7O2S/c1-23(2)6-5-14-16(23)15-17-18(33-21(15)27-20(14)28(3)4)19(26-13-25-17)24-7-8-29-9-11-30(12-10-29)22(31)32/h13H,5-12H2,1-4H3,(H,31,32)(H,24,25,26). The first kappa shape index (κ1) is 22.1. The summed E-state index contributed by atoms with van der Waals surface area (Å²) in [6.07, 6.45) is 2.98. The maximum atomic E-state index is 11.1. The van der Waals surface area contributed by atoms with Crippen LogP contribution in [-0.2, 0) is 11.8 Å². The number of carboxylic acid groups (broad SMARTS) is 1. The zero-order valence-corrected chi connectivity index (χ0v) is 20.5. The molecule has 2 aliphatic rings. The number of amides is 1. The van der Waals surface area contributed by atoms with Crippen LogP contribution in [-0.4, -0.2) is 89.3 Å². The quantitative estimate of drug-likeness (QED) is 0.588. The van der Waals surface area contributed by atoms with Gasteiger partial charge in [0.1, 0.15) is 22.8 Å². The zero-order chi connectivity index (χ0) is 23.3. The fraction of sp³-hybridized carbons (Fsp3) is 0.565. The predicted molar refractivity (Wildman–Crippen MR) is 133 cm³/mol. The molecule has 176 valence electrons. The van der Waals surface area contributed by atoms with Gasteiger partial charge in [-0.15, -0.1) is 11.3 Å². The second kappa shape index (κ2) is 8.25. The number of nitrogens with zero attached hydrogens (tertiary/aromatic N) is 6. The van der Waals surface area contributed by atoms with Crippen molar-refractivity contribution in [3.8, 4) is 0 Å². The molecule has 0 spiro atoms. The zero-order valence-electron chi connectivity index (χ0n) is 19.7. The van der Waals surface area contributed by atoms with Gasteiger partial charge in [-0.05, 0) is 29.4 Å². The van der Waals surface area contributed by atoms with Crippen molar-refractivity contribution in [3.05, 3.63) is 17.5 Å². The number of aromatic nitrogens is 3. The van der Waals surface area contributed by atoms with Crippen LogP contribution in [0.4, 0.5) is 16.4 Å². The maximum absolute atomic E-state index is 11.1. The van der Waals surface area contributed by atoms with Crippen LogP contribution in [0.3, 0.4) is 0 Å². The van der Waals surface area contributed by atoms with Crippen LogP contribution in [0, 0.1) is 0 Å². The summed E-state index contributed by atoms with van der Waals surface area (Å²) in [7, 11) is 4.13. The van der Waals surface area contributed by atoms with E-state index in [1.54, 1.807) is 17.7 Å². The van der Waals surface area contributed by atoms with E-state index in [4.69, 9.17) is 15.1 Å². The number of pyridine rings is 1. The number of hydrogen-bond acceptors (Lipinski definition) is 8. The van der Waals surface area contributed by atoms with Crippen molar-refractivity contribution in [1.82, 2.24) is 24.8 Å². The third-order valence-corrected chi connectivity index (χ3v) is 8.03. The summed E-state index contributed by atoms with van der Waals surface area (Å²) in [6.45, 7) is 8.87. The highest BCUT2D eigenvalue weighted by molar-refractivity contribution is 7.26. The molecule has 3 aromatic rings. The largest absolute Gasteiger partial charge is 0.465 e. The van der Waals surface area contributed by atoms with Crippen molar-refractivity contribution in [3.63, 3.8) is 0 Å². The lowest BCUT2D eigenvalue weighted by atomic mass is 9.85. The van der Waals surface area contributed by atoms with Crippen molar-refractivity contribution in [1.29, 1.82) is 0 Å². The molecule has 1 fully saturated rings. The predicted octanol–water partition coefficient (Wildman–Crippen LogP) is 3.24. The Bertz CT molecular complexity index is 1210. The van der Waals surface area contributed by atoms with Crippen molar-refractivity contribution in [2.45, 2.75) is 32.1 Å². The molecule has 9 nitrogen and oxygen atoms in total. The highest BCUT2D eigenvalue weighted by Crippen LogP contribution is 2.49. The Kier molecular flexibility index (Phi) is 5.52. The van der Waals surface area contributed by atoms with Gasteiger partial charge in [-0.1, -0.05) is 13.8 Å². The van der Waals surface area contributed by atoms with Crippen molar-refractivity contribution < 1.29 is 9.90 Å². The van der Waals surface area contributed by atoms with Crippen LogP contribution in [0.25, 0.3) is 20.4 Å². The summed E-state index contributed by atoms with van der Waals surface area (Å²) < 4.78 is 1.05.